The second-order valence-corrected chi connectivity index (χ2v) is 7.82. The molecule has 0 unspecified atom stereocenters. The Kier molecular flexibility index (Phi) is 5.00. The first-order chi connectivity index (χ1) is 15.6. The van der Waals surface area contributed by atoms with E-state index in [2.05, 4.69) is 16.4 Å². The first-order valence-corrected chi connectivity index (χ1v) is 10.5. The van der Waals surface area contributed by atoms with Gasteiger partial charge in [0.1, 0.15) is 6.04 Å². The number of nitrogens with zero attached hydrogens (tertiary/aromatic N) is 1. The monoisotopic (exact) mass is 419 g/mol. The van der Waals surface area contributed by atoms with Crippen LogP contribution in [0.1, 0.15) is 16.1 Å². The molecule has 32 heavy (non-hydrogen) atoms. The van der Waals surface area contributed by atoms with Crippen LogP contribution >= 0.6 is 0 Å². The van der Waals surface area contributed by atoms with E-state index in [1.807, 2.05) is 84.9 Å². The van der Waals surface area contributed by atoms with Gasteiger partial charge in [-0.25, -0.2) is 0 Å². The van der Waals surface area contributed by atoms with Crippen molar-refractivity contribution in [2.75, 3.05) is 0 Å². The Morgan fingerprint density at radius 3 is 2.03 bits per heavy atom. The largest absolute Gasteiger partial charge is 0.368 e. The molecule has 1 atom stereocenters. The number of nitrogens with one attached hydrogen (secondary N) is 1. The van der Waals surface area contributed by atoms with Crippen LogP contribution in [-0.2, 0) is 11.2 Å². The molecule has 0 bridgehead atoms. The number of primary amides is 1. The number of amides is 2. The number of para-hydroxylation sites is 1. The van der Waals surface area contributed by atoms with Gasteiger partial charge in [0, 0.05) is 17.5 Å². The molecule has 0 aliphatic heterocycles. The zero-order valence-corrected chi connectivity index (χ0v) is 17.3. The molecule has 5 nitrogen and oxygen atoms in total. The Morgan fingerprint density at radius 1 is 0.781 bits per heavy atom. The predicted molar refractivity (Wildman–Crippen MR) is 127 cm³/mol. The van der Waals surface area contributed by atoms with E-state index >= 15 is 0 Å². The van der Waals surface area contributed by atoms with Crippen molar-refractivity contribution in [1.29, 1.82) is 0 Å². The number of pyridine rings is 1. The normalized spacial score (nSPS) is 12.1. The minimum absolute atomic E-state index is 0.217. The van der Waals surface area contributed by atoms with E-state index in [9.17, 15) is 9.59 Å². The molecule has 0 radical (unpaired) electrons. The smallest absolute Gasteiger partial charge is 0.253 e. The molecule has 0 saturated carbocycles. The zero-order chi connectivity index (χ0) is 22.1. The Morgan fingerprint density at radius 2 is 1.38 bits per heavy atom. The molecule has 0 fully saturated rings. The molecular formula is C27H21N3O2. The Balaban J connectivity index is 1.51. The third-order valence-electron chi connectivity index (χ3n) is 5.72. The number of hydrogen-bond donors (Lipinski definition) is 2. The van der Waals surface area contributed by atoms with Crippen LogP contribution in [0.3, 0.4) is 0 Å². The lowest BCUT2D eigenvalue weighted by Crippen LogP contribution is -2.46. The van der Waals surface area contributed by atoms with E-state index in [1.54, 1.807) is 0 Å². The van der Waals surface area contributed by atoms with Gasteiger partial charge >= 0.3 is 0 Å². The molecule has 156 valence electrons. The lowest BCUT2D eigenvalue weighted by atomic mass is 9.96. The maximum Gasteiger partial charge on any atom is 0.253 e. The molecule has 0 aliphatic rings. The number of rotatable bonds is 5. The summed E-state index contributed by atoms with van der Waals surface area (Å²) in [6.07, 6.45) is 0.217. The van der Waals surface area contributed by atoms with Crippen molar-refractivity contribution < 1.29 is 9.59 Å². The Bertz CT molecular complexity index is 1440. The number of carbonyl (C=O) groups is 2. The molecule has 0 saturated heterocycles. The minimum atomic E-state index is -0.881. The van der Waals surface area contributed by atoms with E-state index in [0.717, 1.165) is 32.4 Å². The average molecular weight is 419 g/mol. The summed E-state index contributed by atoms with van der Waals surface area (Å²) in [6, 6.07) is 28.2. The highest BCUT2D eigenvalue weighted by molar-refractivity contribution is 6.18. The molecule has 0 spiro atoms. The fourth-order valence-electron chi connectivity index (χ4n) is 4.14. The van der Waals surface area contributed by atoms with Crippen LogP contribution in [0.4, 0.5) is 0 Å². The Hall–Kier alpha value is -4.25. The van der Waals surface area contributed by atoms with Gasteiger partial charge in [0.15, 0.2) is 0 Å². The highest BCUT2D eigenvalue weighted by Crippen LogP contribution is 2.28. The molecule has 4 aromatic carbocycles. The van der Waals surface area contributed by atoms with Crippen LogP contribution in [0.2, 0.25) is 0 Å². The van der Waals surface area contributed by atoms with Gasteiger partial charge < -0.3 is 11.1 Å². The van der Waals surface area contributed by atoms with E-state index in [4.69, 9.17) is 5.73 Å². The topological polar surface area (TPSA) is 85.1 Å². The van der Waals surface area contributed by atoms with E-state index in [-0.39, 0.29) is 12.3 Å². The summed E-state index contributed by atoms with van der Waals surface area (Å²) in [5, 5.41) is 7.45. The second-order valence-electron chi connectivity index (χ2n) is 7.82. The summed E-state index contributed by atoms with van der Waals surface area (Å²) < 4.78 is 0. The van der Waals surface area contributed by atoms with Crippen LogP contribution in [0.5, 0.6) is 0 Å². The van der Waals surface area contributed by atoms with Crippen molar-refractivity contribution in [2.24, 2.45) is 5.73 Å². The molecule has 1 heterocycles. The van der Waals surface area contributed by atoms with Crippen molar-refractivity contribution in [3.05, 3.63) is 102 Å². The molecule has 2 amide bonds. The highest BCUT2D eigenvalue weighted by Gasteiger charge is 2.23. The van der Waals surface area contributed by atoms with Crippen molar-refractivity contribution in [1.82, 2.24) is 10.3 Å². The van der Waals surface area contributed by atoms with Crippen molar-refractivity contribution in [3.8, 4) is 0 Å². The average Bonchev–Trinajstić information content (AvgIpc) is 2.81. The quantitative estimate of drug-likeness (QED) is 0.415. The fraction of sp³-hybridized carbons (Fsp3) is 0.0741. The lowest BCUT2D eigenvalue weighted by Gasteiger charge is -2.18. The number of fused-ring (bicyclic) bond motifs is 3. The van der Waals surface area contributed by atoms with Crippen LogP contribution in [0, 0.1) is 0 Å². The van der Waals surface area contributed by atoms with Gasteiger partial charge in [0.05, 0.1) is 11.1 Å². The molecule has 5 heteroatoms. The lowest BCUT2D eigenvalue weighted by molar-refractivity contribution is -0.119. The molecule has 5 rings (SSSR count). The summed E-state index contributed by atoms with van der Waals surface area (Å²) in [7, 11) is 0. The van der Waals surface area contributed by atoms with Gasteiger partial charge in [0.25, 0.3) is 5.91 Å². The third kappa shape index (κ3) is 3.65. The summed E-state index contributed by atoms with van der Waals surface area (Å²) >= 11 is 0. The summed E-state index contributed by atoms with van der Waals surface area (Å²) in [5.41, 5.74) is 7.73. The predicted octanol–water partition coefficient (Wildman–Crippen LogP) is 4.37. The van der Waals surface area contributed by atoms with E-state index < -0.39 is 11.9 Å². The van der Waals surface area contributed by atoms with Gasteiger partial charge in [-0.15, -0.1) is 0 Å². The second kappa shape index (κ2) is 8.12. The van der Waals surface area contributed by atoms with Crippen LogP contribution in [0.15, 0.2) is 91.0 Å². The number of nitrogens with two attached hydrogens (primary N) is 1. The van der Waals surface area contributed by atoms with Gasteiger partial charge in [0.2, 0.25) is 5.91 Å². The maximum atomic E-state index is 13.5. The van der Waals surface area contributed by atoms with Crippen LogP contribution in [-0.4, -0.2) is 22.8 Å². The molecule has 5 aromatic rings. The molecule has 0 aliphatic carbocycles. The molecule has 1 aromatic heterocycles. The fourth-order valence-corrected chi connectivity index (χ4v) is 4.14. The van der Waals surface area contributed by atoms with Gasteiger partial charge in [-0.1, -0.05) is 72.8 Å². The van der Waals surface area contributed by atoms with Crippen molar-refractivity contribution >= 4 is 44.3 Å². The molecule has 3 N–H and O–H groups in total. The van der Waals surface area contributed by atoms with Gasteiger partial charge in [-0.2, -0.15) is 0 Å². The van der Waals surface area contributed by atoms with Crippen molar-refractivity contribution in [3.63, 3.8) is 0 Å². The van der Waals surface area contributed by atoms with Gasteiger partial charge in [-0.05, 0) is 39.7 Å². The number of benzene rings is 4. The van der Waals surface area contributed by atoms with Crippen LogP contribution < -0.4 is 11.1 Å². The summed E-state index contributed by atoms with van der Waals surface area (Å²) in [6.45, 7) is 0. The maximum absolute atomic E-state index is 13.5. The minimum Gasteiger partial charge on any atom is -0.368 e. The van der Waals surface area contributed by atoms with E-state index in [0.29, 0.717) is 11.3 Å². The Labute approximate surface area is 184 Å². The number of aromatic nitrogens is 1. The van der Waals surface area contributed by atoms with E-state index in [1.165, 1.54) is 0 Å². The number of hydrogen-bond acceptors (Lipinski definition) is 3. The molecular weight excluding hydrogens is 398 g/mol. The SMILES string of the molecule is NC(=O)[C@H](Cc1ccc2ccccc2n1)NC(=O)c1c2ccccc2cc2ccccc12. The first kappa shape index (κ1) is 19.7. The highest BCUT2D eigenvalue weighted by atomic mass is 16.2. The third-order valence-corrected chi connectivity index (χ3v) is 5.72. The first-order valence-electron chi connectivity index (χ1n) is 10.5. The number of carbonyl (C=O) groups excluding carboxylic acids is 2. The standard InChI is InChI=1S/C27H21N3O2/c28-26(31)24(16-20-14-13-17-7-3-6-12-23(17)29-20)30-27(32)25-21-10-4-1-8-18(21)15-19-9-2-5-11-22(19)25/h1-15,24H,16H2,(H2,28,31)(H,30,32)/t24-/m0/s1. The van der Waals surface area contributed by atoms with Crippen LogP contribution in [0.25, 0.3) is 32.4 Å². The summed E-state index contributed by atoms with van der Waals surface area (Å²) in [4.78, 5) is 30.3. The zero-order valence-electron chi connectivity index (χ0n) is 17.3. The van der Waals surface area contributed by atoms with Gasteiger partial charge in [-0.3, -0.25) is 14.6 Å². The summed E-state index contributed by atoms with van der Waals surface area (Å²) in [5.74, 6) is -0.930. The van der Waals surface area contributed by atoms with Crippen molar-refractivity contribution in [2.45, 2.75) is 12.5 Å².